The van der Waals surface area contributed by atoms with E-state index in [1.807, 2.05) is 0 Å². The fourth-order valence-corrected chi connectivity index (χ4v) is 4.25. The van der Waals surface area contributed by atoms with Crippen LogP contribution in [0.5, 0.6) is 5.75 Å². The molecule has 1 rings (SSSR count). The maximum absolute atomic E-state index is 12.4. The van der Waals surface area contributed by atoms with Gasteiger partial charge in [-0.3, -0.25) is 4.79 Å². The summed E-state index contributed by atoms with van der Waals surface area (Å²) in [6.45, 7) is -0.188. The Labute approximate surface area is 125 Å². The normalized spacial score (nSPS) is 11.4. The summed E-state index contributed by atoms with van der Waals surface area (Å²) < 4.78 is 34.9. The molecule has 0 bridgehead atoms. The first kappa shape index (κ1) is 17.4. The summed E-state index contributed by atoms with van der Waals surface area (Å²) in [4.78, 5) is 22.1. The number of carboxylic acids is 1. The highest BCUT2D eigenvalue weighted by atomic mass is 32.2. The van der Waals surface area contributed by atoms with Gasteiger partial charge in [0.05, 0.1) is 20.6 Å². The van der Waals surface area contributed by atoms with Gasteiger partial charge in [0, 0.05) is 19.7 Å². The van der Waals surface area contributed by atoms with E-state index in [1.165, 1.54) is 27.3 Å². The molecule has 0 aliphatic rings. The van der Waals surface area contributed by atoms with Crippen LogP contribution in [0.1, 0.15) is 16.1 Å². The lowest BCUT2D eigenvalue weighted by Gasteiger charge is -2.15. The van der Waals surface area contributed by atoms with Crippen molar-refractivity contribution in [1.82, 2.24) is 4.31 Å². The minimum absolute atomic E-state index is 0.0163. The van der Waals surface area contributed by atoms with Crippen molar-refractivity contribution in [2.45, 2.75) is 10.6 Å². The van der Waals surface area contributed by atoms with Crippen LogP contribution >= 0.6 is 11.3 Å². The molecule has 0 radical (unpaired) electrons. The number of thiophene rings is 1. The van der Waals surface area contributed by atoms with Crippen LogP contribution in [-0.4, -0.2) is 57.6 Å². The van der Waals surface area contributed by atoms with E-state index < -0.39 is 22.0 Å². The summed E-state index contributed by atoms with van der Waals surface area (Å²) in [6.07, 6.45) is -0.326. The molecule has 1 heterocycles. The molecule has 1 aromatic rings. The van der Waals surface area contributed by atoms with E-state index in [-0.39, 0.29) is 27.8 Å². The zero-order valence-corrected chi connectivity index (χ0v) is 13.3. The topological polar surface area (TPSA) is 110 Å². The second-order valence-electron chi connectivity index (χ2n) is 3.93. The number of nitrogens with zero attached hydrogens (tertiary/aromatic N) is 1. The summed E-state index contributed by atoms with van der Waals surface area (Å²) in [5, 5.41) is 8.60. The Morgan fingerprint density at radius 1 is 1.38 bits per heavy atom. The van der Waals surface area contributed by atoms with Crippen LogP contribution in [0.2, 0.25) is 0 Å². The molecule has 0 aromatic carbocycles. The summed E-state index contributed by atoms with van der Waals surface area (Å²) in [6, 6.07) is 1.27. The maximum atomic E-state index is 12.4. The highest BCUT2D eigenvalue weighted by molar-refractivity contribution is 7.91. The number of hydrogen-bond donors (Lipinski definition) is 1. The van der Waals surface area contributed by atoms with Crippen molar-refractivity contribution in [2.24, 2.45) is 0 Å². The van der Waals surface area contributed by atoms with Crippen LogP contribution in [-0.2, 0) is 19.6 Å². The van der Waals surface area contributed by atoms with Crippen LogP contribution in [0.25, 0.3) is 0 Å². The van der Waals surface area contributed by atoms with E-state index in [1.54, 1.807) is 0 Å². The third kappa shape index (κ3) is 3.93. The van der Waals surface area contributed by atoms with E-state index in [2.05, 4.69) is 4.74 Å². The van der Waals surface area contributed by atoms with E-state index in [9.17, 15) is 18.0 Å². The first-order chi connectivity index (χ1) is 9.73. The predicted octanol–water partition coefficient (Wildman–Crippen LogP) is 0.638. The number of ether oxygens (including phenoxy) is 2. The van der Waals surface area contributed by atoms with Gasteiger partial charge in [-0.2, -0.15) is 4.31 Å². The number of hydrogen-bond acceptors (Lipinski definition) is 7. The van der Waals surface area contributed by atoms with Gasteiger partial charge < -0.3 is 14.6 Å². The number of esters is 1. The number of carbonyl (C=O) groups is 2. The second kappa shape index (κ2) is 6.87. The van der Waals surface area contributed by atoms with Crippen molar-refractivity contribution in [3.63, 3.8) is 0 Å². The lowest BCUT2D eigenvalue weighted by molar-refractivity contribution is -0.137. The lowest BCUT2D eigenvalue weighted by atomic mass is 10.4. The van der Waals surface area contributed by atoms with Gasteiger partial charge in [0.1, 0.15) is 4.88 Å². The Balaban J connectivity index is 3.15. The van der Waals surface area contributed by atoms with Gasteiger partial charge in [0.25, 0.3) is 10.0 Å². The number of carbonyl (C=O) groups excluding carboxylic acids is 1. The van der Waals surface area contributed by atoms with E-state index in [4.69, 9.17) is 9.84 Å². The van der Waals surface area contributed by atoms with E-state index in [0.717, 1.165) is 4.31 Å². The molecule has 21 heavy (non-hydrogen) atoms. The molecule has 1 N–H and O–H groups in total. The smallest absolute Gasteiger partial charge is 0.348 e. The van der Waals surface area contributed by atoms with Crippen LogP contribution in [0.3, 0.4) is 0 Å². The summed E-state index contributed by atoms with van der Waals surface area (Å²) in [5.41, 5.74) is 0. The Bertz CT molecular complexity index is 635. The third-order valence-electron chi connectivity index (χ3n) is 2.56. The van der Waals surface area contributed by atoms with Gasteiger partial charge in [0.2, 0.25) is 0 Å². The first-order valence-electron chi connectivity index (χ1n) is 5.68. The van der Waals surface area contributed by atoms with Crippen LogP contribution in [0.4, 0.5) is 0 Å². The molecule has 0 fully saturated rings. The molecule has 0 aliphatic heterocycles. The summed E-state index contributed by atoms with van der Waals surface area (Å²) >= 11 is 0.710. The molecular formula is C11H15NO7S2. The molecular weight excluding hydrogens is 322 g/mol. The largest absolute Gasteiger partial charge is 0.494 e. The fraction of sp³-hybridized carbons (Fsp3) is 0.455. The molecule has 0 saturated heterocycles. The zero-order chi connectivity index (χ0) is 16.2. The summed E-state index contributed by atoms with van der Waals surface area (Å²) in [5.74, 6) is -1.76. The average molecular weight is 337 g/mol. The molecule has 10 heteroatoms. The number of sulfonamides is 1. The third-order valence-corrected chi connectivity index (χ3v) is 6.00. The minimum Gasteiger partial charge on any atom is -0.494 e. The van der Waals surface area contributed by atoms with Gasteiger partial charge in [-0.15, -0.1) is 11.3 Å². The lowest BCUT2D eigenvalue weighted by Crippen LogP contribution is -2.28. The fourth-order valence-electron chi connectivity index (χ4n) is 1.40. The van der Waals surface area contributed by atoms with Crippen molar-refractivity contribution in [2.75, 3.05) is 27.8 Å². The zero-order valence-electron chi connectivity index (χ0n) is 11.7. The van der Waals surface area contributed by atoms with Crippen molar-refractivity contribution < 1.29 is 32.6 Å². The first-order valence-corrected chi connectivity index (χ1v) is 7.94. The Hall–Kier alpha value is -1.65. The van der Waals surface area contributed by atoms with Gasteiger partial charge in [-0.1, -0.05) is 0 Å². The van der Waals surface area contributed by atoms with Crippen molar-refractivity contribution in [3.8, 4) is 5.75 Å². The molecule has 0 unspecified atom stereocenters. The average Bonchev–Trinajstić information content (AvgIpc) is 2.88. The maximum Gasteiger partial charge on any atom is 0.348 e. The Kier molecular flexibility index (Phi) is 5.70. The number of carboxylic acid groups (broad SMARTS) is 1. The molecule has 0 atom stereocenters. The number of aliphatic carboxylic acids is 1. The Morgan fingerprint density at radius 2 is 2.00 bits per heavy atom. The molecule has 8 nitrogen and oxygen atoms in total. The molecule has 0 spiro atoms. The molecule has 0 saturated carbocycles. The second-order valence-corrected chi connectivity index (χ2v) is 7.22. The van der Waals surface area contributed by atoms with Crippen LogP contribution in [0.15, 0.2) is 10.3 Å². The number of rotatable bonds is 7. The highest BCUT2D eigenvalue weighted by Crippen LogP contribution is 2.35. The minimum atomic E-state index is -3.94. The highest BCUT2D eigenvalue weighted by Gasteiger charge is 2.29. The SMILES string of the molecule is COC(=O)c1cc(OC)c(S(=O)(=O)N(C)CCC(=O)O)s1. The van der Waals surface area contributed by atoms with Crippen molar-refractivity contribution in [1.29, 1.82) is 0 Å². The van der Waals surface area contributed by atoms with E-state index >= 15 is 0 Å². The van der Waals surface area contributed by atoms with Gasteiger partial charge in [-0.05, 0) is 0 Å². The van der Waals surface area contributed by atoms with Gasteiger partial charge in [0.15, 0.2) is 9.96 Å². The Morgan fingerprint density at radius 3 is 2.48 bits per heavy atom. The van der Waals surface area contributed by atoms with E-state index in [0.29, 0.717) is 11.3 Å². The standard InChI is InChI=1S/C11H15NO7S2/c1-12(5-4-9(13)14)21(16,17)11-7(18-2)6-8(20-11)10(15)19-3/h6H,4-5H2,1-3H3,(H,13,14). The van der Waals surface area contributed by atoms with Crippen molar-refractivity contribution >= 4 is 33.3 Å². The van der Waals surface area contributed by atoms with Gasteiger partial charge in [-0.25, -0.2) is 13.2 Å². The molecule has 118 valence electrons. The predicted molar refractivity (Wildman–Crippen MR) is 74.3 cm³/mol. The van der Waals surface area contributed by atoms with Gasteiger partial charge >= 0.3 is 11.9 Å². The van der Waals surface area contributed by atoms with Crippen LogP contribution in [0, 0.1) is 0 Å². The van der Waals surface area contributed by atoms with Crippen molar-refractivity contribution in [3.05, 3.63) is 10.9 Å². The number of methoxy groups -OCH3 is 2. The molecule has 1 aromatic heterocycles. The monoisotopic (exact) mass is 337 g/mol. The quantitative estimate of drug-likeness (QED) is 0.727. The molecule has 0 aliphatic carbocycles. The summed E-state index contributed by atoms with van der Waals surface area (Å²) in [7, 11) is -0.224. The molecule has 0 amide bonds. The van der Waals surface area contributed by atoms with Crippen LogP contribution < -0.4 is 4.74 Å².